The molecule has 4 rings (SSSR count). The number of rotatable bonds is 5. The minimum Gasteiger partial charge on any atom is -0.346 e. The Hall–Kier alpha value is -3.82. The van der Waals surface area contributed by atoms with Crippen molar-refractivity contribution in [2.75, 3.05) is 4.90 Å². The fourth-order valence-corrected chi connectivity index (χ4v) is 3.85. The number of pyridine rings is 1. The molecule has 0 unspecified atom stereocenters. The van der Waals surface area contributed by atoms with Crippen LogP contribution in [0.5, 0.6) is 0 Å². The summed E-state index contributed by atoms with van der Waals surface area (Å²) in [6, 6.07) is 6.76. The Morgan fingerprint density at radius 1 is 0.941 bits per heavy atom. The van der Waals surface area contributed by atoms with Gasteiger partial charge in [0.1, 0.15) is 40.6 Å². The highest BCUT2D eigenvalue weighted by molar-refractivity contribution is 6.07. The van der Waals surface area contributed by atoms with Crippen molar-refractivity contribution in [3.63, 3.8) is 0 Å². The summed E-state index contributed by atoms with van der Waals surface area (Å²) >= 11 is 0. The van der Waals surface area contributed by atoms with E-state index in [1.807, 2.05) is 0 Å². The minimum absolute atomic E-state index is 0.131. The van der Waals surface area contributed by atoms with E-state index in [9.17, 15) is 31.5 Å². The number of nitrogens with one attached hydrogen (secondary N) is 1. The van der Waals surface area contributed by atoms with Crippen LogP contribution in [0.15, 0.2) is 42.5 Å². The molecule has 0 radical (unpaired) electrons. The molecular weight excluding hydrogens is 457 g/mol. The SMILES string of the molecule is CC1(C)C(=O)N(Cc2cc(F)cc(F)c2)c2nc(C(=O)NCc3c(F)cc(F)cc3F)ccc21. The van der Waals surface area contributed by atoms with Crippen LogP contribution in [0.25, 0.3) is 0 Å². The topological polar surface area (TPSA) is 62.3 Å². The molecule has 2 amide bonds. The lowest BCUT2D eigenvalue weighted by Gasteiger charge is -2.20. The van der Waals surface area contributed by atoms with Gasteiger partial charge in [0.15, 0.2) is 0 Å². The van der Waals surface area contributed by atoms with Gasteiger partial charge in [-0.3, -0.25) is 14.5 Å². The van der Waals surface area contributed by atoms with Crippen molar-refractivity contribution in [3.05, 3.63) is 93.9 Å². The number of carbonyl (C=O) groups is 2. The summed E-state index contributed by atoms with van der Waals surface area (Å²) < 4.78 is 68.0. The molecule has 2 heterocycles. The van der Waals surface area contributed by atoms with E-state index in [-0.39, 0.29) is 29.5 Å². The molecule has 0 atom stereocenters. The number of hydrogen-bond acceptors (Lipinski definition) is 3. The first-order valence-electron chi connectivity index (χ1n) is 10.2. The zero-order valence-electron chi connectivity index (χ0n) is 18.1. The maximum Gasteiger partial charge on any atom is 0.270 e. The van der Waals surface area contributed by atoms with Gasteiger partial charge in [0.05, 0.1) is 12.0 Å². The second-order valence-corrected chi connectivity index (χ2v) is 8.39. The maximum absolute atomic E-state index is 13.8. The highest BCUT2D eigenvalue weighted by atomic mass is 19.2. The second kappa shape index (κ2) is 8.51. The van der Waals surface area contributed by atoms with E-state index in [4.69, 9.17) is 0 Å². The summed E-state index contributed by atoms with van der Waals surface area (Å²) in [6.45, 7) is 2.56. The summed E-state index contributed by atoms with van der Waals surface area (Å²) in [6.07, 6.45) is 0. The Bertz CT molecular complexity index is 1280. The third-order valence-electron chi connectivity index (χ3n) is 5.61. The molecule has 0 bridgehead atoms. The van der Waals surface area contributed by atoms with Crippen LogP contribution in [0.4, 0.5) is 27.8 Å². The summed E-state index contributed by atoms with van der Waals surface area (Å²) in [7, 11) is 0. The number of aromatic nitrogens is 1. The van der Waals surface area contributed by atoms with E-state index in [0.29, 0.717) is 23.8 Å². The van der Waals surface area contributed by atoms with Crippen LogP contribution in [-0.2, 0) is 23.3 Å². The van der Waals surface area contributed by atoms with E-state index in [2.05, 4.69) is 10.3 Å². The Balaban J connectivity index is 1.61. The lowest BCUT2D eigenvalue weighted by atomic mass is 9.87. The molecular formula is C24H18F5N3O2. The van der Waals surface area contributed by atoms with Crippen LogP contribution >= 0.6 is 0 Å². The molecule has 1 aliphatic rings. The summed E-state index contributed by atoms with van der Waals surface area (Å²) in [4.78, 5) is 31.1. The van der Waals surface area contributed by atoms with Crippen LogP contribution in [0.2, 0.25) is 0 Å². The lowest BCUT2D eigenvalue weighted by Crippen LogP contribution is -2.36. The first-order valence-corrected chi connectivity index (χ1v) is 10.2. The van der Waals surface area contributed by atoms with Crippen molar-refractivity contribution in [3.8, 4) is 0 Å². The standard InChI is InChI=1S/C24H18F5N3O2/c1-24(2)17-3-4-20(22(33)30-10-16-18(28)8-15(27)9-19(16)29)31-21(17)32(23(24)34)11-12-5-13(25)7-14(26)6-12/h3-9H,10-11H2,1-2H3,(H,30,33). The number of amides is 2. The first kappa shape index (κ1) is 23.3. The van der Waals surface area contributed by atoms with Gasteiger partial charge in [-0.05, 0) is 37.6 Å². The fourth-order valence-electron chi connectivity index (χ4n) is 3.85. The van der Waals surface area contributed by atoms with Crippen molar-refractivity contribution in [2.45, 2.75) is 32.4 Å². The summed E-state index contributed by atoms with van der Waals surface area (Å²) in [5, 5.41) is 2.31. The number of carbonyl (C=O) groups excluding carboxylic acids is 2. The van der Waals surface area contributed by atoms with E-state index in [0.717, 1.165) is 12.1 Å². The lowest BCUT2D eigenvalue weighted by molar-refractivity contribution is -0.122. The van der Waals surface area contributed by atoms with Crippen LogP contribution in [-0.4, -0.2) is 16.8 Å². The van der Waals surface area contributed by atoms with Crippen LogP contribution in [0.3, 0.4) is 0 Å². The molecule has 0 spiro atoms. The summed E-state index contributed by atoms with van der Waals surface area (Å²) in [5.41, 5.74) is -0.997. The normalized spacial score (nSPS) is 14.3. The molecule has 1 N–H and O–H groups in total. The fraction of sp³-hybridized carbons (Fsp3) is 0.208. The Kier molecular flexibility index (Phi) is 5.84. The predicted octanol–water partition coefficient (Wildman–Crippen LogP) is 4.53. The molecule has 0 saturated carbocycles. The summed E-state index contributed by atoms with van der Waals surface area (Å²) in [5.74, 6) is -6.04. The van der Waals surface area contributed by atoms with Gasteiger partial charge in [0, 0.05) is 35.9 Å². The molecule has 0 aliphatic carbocycles. The average Bonchev–Trinajstić information content (AvgIpc) is 2.92. The Morgan fingerprint density at radius 2 is 1.53 bits per heavy atom. The van der Waals surface area contributed by atoms with E-state index >= 15 is 0 Å². The maximum atomic E-state index is 13.8. The van der Waals surface area contributed by atoms with Crippen molar-refractivity contribution in [1.82, 2.24) is 10.3 Å². The molecule has 176 valence electrons. The van der Waals surface area contributed by atoms with Crippen molar-refractivity contribution < 1.29 is 31.5 Å². The van der Waals surface area contributed by atoms with Crippen LogP contribution in [0, 0.1) is 29.1 Å². The number of nitrogens with zero attached hydrogens (tertiary/aromatic N) is 2. The van der Waals surface area contributed by atoms with Gasteiger partial charge in [-0.15, -0.1) is 0 Å². The molecule has 1 aliphatic heterocycles. The first-order chi connectivity index (χ1) is 16.0. The van der Waals surface area contributed by atoms with E-state index < -0.39 is 52.5 Å². The zero-order valence-corrected chi connectivity index (χ0v) is 18.1. The molecule has 5 nitrogen and oxygen atoms in total. The molecule has 1 aromatic heterocycles. The van der Waals surface area contributed by atoms with Crippen molar-refractivity contribution >= 4 is 17.6 Å². The van der Waals surface area contributed by atoms with Crippen LogP contribution in [0.1, 0.15) is 41.0 Å². The molecule has 10 heteroatoms. The molecule has 3 aromatic rings. The number of fused-ring (bicyclic) bond motifs is 1. The Morgan fingerprint density at radius 3 is 2.15 bits per heavy atom. The largest absolute Gasteiger partial charge is 0.346 e. The molecule has 34 heavy (non-hydrogen) atoms. The number of benzene rings is 2. The number of anilines is 1. The Labute approximate surface area is 191 Å². The average molecular weight is 475 g/mol. The quantitative estimate of drug-likeness (QED) is 0.552. The number of hydrogen-bond donors (Lipinski definition) is 1. The van der Waals surface area contributed by atoms with Gasteiger partial charge in [0.2, 0.25) is 5.91 Å². The van der Waals surface area contributed by atoms with Gasteiger partial charge in [-0.1, -0.05) is 6.07 Å². The third-order valence-corrected chi connectivity index (χ3v) is 5.61. The molecule has 2 aromatic carbocycles. The zero-order chi connectivity index (χ0) is 24.8. The minimum atomic E-state index is -1.15. The van der Waals surface area contributed by atoms with E-state index in [1.165, 1.54) is 17.0 Å². The highest BCUT2D eigenvalue weighted by Crippen LogP contribution is 2.41. The molecule has 0 saturated heterocycles. The highest BCUT2D eigenvalue weighted by Gasteiger charge is 2.45. The van der Waals surface area contributed by atoms with Gasteiger partial charge in [-0.25, -0.2) is 26.9 Å². The van der Waals surface area contributed by atoms with E-state index in [1.54, 1.807) is 13.8 Å². The third kappa shape index (κ3) is 4.23. The van der Waals surface area contributed by atoms with Gasteiger partial charge >= 0.3 is 0 Å². The van der Waals surface area contributed by atoms with Crippen molar-refractivity contribution in [2.24, 2.45) is 0 Å². The monoisotopic (exact) mass is 475 g/mol. The predicted molar refractivity (Wildman–Crippen MR) is 112 cm³/mol. The van der Waals surface area contributed by atoms with Crippen molar-refractivity contribution in [1.29, 1.82) is 0 Å². The smallest absolute Gasteiger partial charge is 0.270 e. The second-order valence-electron chi connectivity index (χ2n) is 8.39. The number of halogens is 5. The van der Waals surface area contributed by atoms with Gasteiger partial charge < -0.3 is 5.32 Å². The van der Waals surface area contributed by atoms with Crippen LogP contribution < -0.4 is 10.2 Å². The van der Waals surface area contributed by atoms with Gasteiger partial charge in [0.25, 0.3) is 5.91 Å². The van der Waals surface area contributed by atoms with Gasteiger partial charge in [-0.2, -0.15) is 0 Å². The molecule has 0 fully saturated rings.